The second-order valence-electron chi connectivity index (χ2n) is 5.56. The molecular weight excluding hydrogens is 320 g/mol. The molecule has 24 heavy (non-hydrogen) atoms. The smallest absolute Gasteiger partial charge is 0.387 e. The van der Waals surface area contributed by atoms with Gasteiger partial charge in [0.25, 0.3) is 5.91 Å². The Morgan fingerprint density at radius 2 is 1.96 bits per heavy atom. The van der Waals surface area contributed by atoms with Crippen LogP contribution < -0.4 is 4.74 Å². The van der Waals surface area contributed by atoms with Crippen molar-refractivity contribution in [1.82, 2.24) is 4.90 Å². The fourth-order valence-corrected chi connectivity index (χ4v) is 2.84. The van der Waals surface area contributed by atoms with Crippen molar-refractivity contribution in [2.24, 2.45) is 0 Å². The van der Waals surface area contributed by atoms with Gasteiger partial charge in [-0.25, -0.2) is 0 Å². The second kappa shape index (κ2) is 8.61. The van der Waals surface area contributed by atoms with Crippen molar-refractivity contribution in [1.29, 1.82) is 0 Å². The molecule has 0 aromatic heterocycles. The Balaban J connectivity index is 2.06. The molecule has 7 heteroatoms. The van der Waals surface area contributed by atoms with Crippen molar-refractivity contribution >= 4 is 11.9 Å². The zero-order chi connectivity index (χ0) is 17.5. The van der Waals surface area contributed by atoms with Gasteiger partial charge in [0.2, 0.25) is 0 Å². The molecule has 1 aromatic rings. The van der Waals surface area contributed by atoms with Crippen LogP contribution in [0.1, 0.15) is 43.0 Å². The second-order valence-corrected chi connectivity index (χ2v) is 5.56. The van der Waals surface area contributed by atoms with Crippen molar-refractivity contribution in [3.8, 4) is 5.75 Å². The normalized spacial score (nSPS) is 17.7. The molecule has 0 bridgehead atoms. The SMILES string of the molecule is CCOC(=O)C[C@H]1CCCCN1C(=O)c1ccc(OC(F)F)cc1. The minimum atomic E-state index is -2.90. The van der Waals surface area contributed by atoms with Crippen LogP contribution in [0.5, 0.6) is 5.75 Å². The topological polar surface area (TPSA) is 55.8 Å². The maximum absolute atomic E-state index is 12.7. The number of carbonyl (C=O) groups is 2. The number of benzene rings is 1. The lowest BCUT2D eigenvalue weighted by Crippen LogP contribution is -2.44. The van der Waals surface area contributed by atoms with Gasteiger partial charge in [0, 0.05) is 18.2 Å². The molecule has 0 radical (unpaired) electrons. The van der Waals surface area contributed by atoms with Crippen LogP contribution in [0, 0.1) is 0 Å². The largest absolute Gasteiger partial charge is 0.466 e. The first-order chi connectivity index (χ1) is 11.5. The summed E-state index contributed by atoms with van der Waals surface area (Å²) in [5.74, 6) is -0.529. The molecule has 2 rings (SSSR count). The van der Waals surface area contributed by atoms with Gasteiger partial charge in [-0.3, -0.25) is 9.59 Å². The molecule has 1 aliphatic rings. The lowest BCUT2D eigenvalue weighted by Gasteiger charge is -2.35. The van der Waals surface area contributed by atoms with E-state index in [0.717, 1.165) is 19.3 Å². The van der Waals surface area contributed by atoms with Crippen molar-refractivity contribution < 1.29 is 27.8 Å². The Bertz CT molecular complexity index is 562. The Labute approximate surface area is 139 Å². The van der Waals surface area contributed by atoms with Gasteiger partial charge in [-0.15, -0.1) is 0 Å². The minimum Gasteiger partial charge on any atom is -0.466 e. The molecule has 0 spiro atoms. The van der Waals surface area contributed by atoms with Crippen LogP contribution in [0.15, 0.2) is 24.3 Å². The number of rotatable bonds is 6. The number of halogens is 2. The van der Waals surface area contributed by atoms with Crippen molar-refractivity contribution in [3.63, 3.8) is 0 Å². The van der Waals surface area contributed by atoms with E-state index in [9.17, 15) is 18.4 Å². The standard InChI is InChI=1S/C17H21F2NO4/c1-2-23-15(21)11-13-5-3-4-10-20(13)16(22)12-6-8-14(9-7-12)24-17(18)19/h6-9,13,17H,2-5,10-11H2,1H3/t13-/m1/s1. The van der Waals surface area contributed by atoms with Crippen LogP contribution in [0.2, 0.25) is 0 Å². The van der Waals surface area contributed by atoms with E-state index in [0.29, 0.717) is 18.7 Å². The van der Waals surface area contributed by atoms with Gasteiger partial charge in [0.15, 0.2) is 0 Å². The van der Waals surface area contributed by atoms with E-state index < -0.39 is 6.61 Å². The lowest BCUT2D eigenvalue weighted by atomic mass is 9.98. The molecule has 0 unspecified atom stereocenters. The third kappa shape index (κ3) is 4.91. The average Bonchev–Trinajstić information content (AvgIpc) is 2.55. The Kier molecular flexibility index (Phi) is 6.52. The molecular formula is C17H21F2NO4. The van der Waals surface area contributed by atoms with E-state index in [2.05, 4.69) is 4.74 Å². The first-order valence-electron chi connectivity index (χ1n) is 8.02. The van der Waals surface area contributed by atoms with Crippen molar-refractivity contribution in [2.45, 2.75) is 45.3 Å². The number of hydrogen-bond donors (Lipinski definition) is 0. The summed E-state index contributed by atoms with van der Waals surface area (Å²) in [4.78, 5) is 26.1. The number of hydrogen-bond acceptors (Lipinski definition) is 4. The Morgan fingerprint density at radius 1 is 1.25 bits per heavy atom. The first kappa shape index (κ1) is 18.2. The maximum Gasteiger partial charge on any atom is 0.387 e. The molecule has 132 valence electrons. The summed E-state index contributed by atoms with van der Waals surface area (Å²) in [6.45, 7) is -0.281. The predicted molar refractivity (Wildman–Crippen MR) is 83.0 cm³/mol. The van der Waals surface area contributed by atoms with E-state index >= 15 is 0 Å². The highest BCUT2D eigenvalue weighted by Crippen LogP contribution is 2.23. The fraction of sp³-hybridized carbons (Fsp3) is 0.529. The third-order valence-electron chi connectivity index (χ3n) is 3.92. The highest BCUT2D eigenvalue weighted by atomic mass is 19.3. The quantitative estimate of drug-likeness (QED) is 0.746. The summed E-state index contributed by atoms with van der Waals surface area (Å²) < 4.78 is 33.6. The van der Waals surface area contributed by atoms with E-state index in [4.69, 9.17) is 4.74 Å². The zero-order valence-electron chi connectivity index (χ0n) is 13.5. The van der Waals surface area contributed by atoms with Gasteiger partial charge in [-0.2, -0.15) is 8.78 Å². The number of likely N-dealkylation sites (tertiary alicyclic amines) is 1. The highest BCUT2D eigenvalue weighted by molar-refractivity contribution is 5.94. The van der Waals surface area contributed by atoms with Crippen LogP contribution in [-0.2, 0) is 9.53 Å². The summed E-state index contributed by atoms with van der Waals surface area (Å²) in [7, 11) is 0. The van der Waals surface area contributed by atoms with Gasteiger partial charge in [0.1, 0.15) is 5.75 Å². The van der Waals surface area contributed by atoms with E-state index in [1.165, 1.54) is 24.3 Å². The summed E-state index contributed by atoms with van der Waals surface area (Å²) in [5, 5.41) is 0. The number of esters is 1. The van der Waals surface area contributed by atoms with Gasteiger partial charge in [-0.05, 0) is 50.5 Å². The van der Waals surface area contributed by atoms with Crippen LogP contribution in [0.3, 0.4) is 0 Å². The third-order valence-corrected chi connectivity index (χ3v) is 3.92. The number of piperidine rings is 1. The first-order valence-corrected chi connectivity index (χ1v) is 8.02. The number of alkyl halides is 2. The van der Waals surface area contributed by atoms with E-state index in [-0.39, 0.29) is 30.1 Å². The van der Waals surface area contributed by atoms with Gasteiger partial charge < -0.3 is 14.4 Å². The summed E-state index contributed by atoms with van der Waals surface area (Å²) in [6, 6.07) is 5.39. The molecule has 1 fully saturated rings. The van der Waals surface area contributed by atoms with Crippen LogP contribution in [0.4, 0.5) is 8.78 Å². The highest BCUT2D eigenvalue weighted by Gasteiger charge is 2.29. The molecule has 0 aliphatic carbocycles. The van der Waals surface area contributed by atoms with Gasteiger partial charge in [0.05, 0.1) is 13.0 Å². The van der Waals surface area contributed by atoms with E-state index in [1.54, 1.807) is 11.8 Å². The molecule has 0 N–H and O–H groups in total. The molecule has 0 saturated carbocycles. The summed E-state index contributed by atoms with van der Waals surface area (Å²) in [5.41, 5.74) is 0.382. The molecule has 1 aromatic carbocycles. The molecule has 1 atom stereocenters. The number of carbonyl (C=O) groups excluding carboxylic acids is 2. The minimum absolute atomic E-state index is 0.00303. The van der Waals surface area contributed by atoms with Gasteiger partial charge >= 0.3 is 12.6 Å². The zero-order valence-corrected chi connectivity index (χ0v) is 13.5. The van der Waals surface area contributed by atoms with Crippen LogP contribution in [0.25, 0.3) is 0 Å². The fourth-order valence-electron chi connectivity index (χ4n) is 2.84. The molecule has 1 amide bonds. The Hall–Kier alpha value is -2.18. The van der Waals surface area contributed by atoms with Crippen molar-refractivity contribution in [3.05, 3.63) is 29.8 Å². The molecule has 1 saturated heterocycles. The summed E-state index contributed by atoms with van der Waals surface area (Å²) >= 11 is 0. The number of nitrogens with zero attached hydrogens (tertiary/aromatic N) is 1. The number of amides is 1. The molecule has 1 aliphatic heterocycles. The van der Waals surface area contributed by atoms with Crippen LogP contribution >= 0.6 is 0 Å². The number of ether oxygens (including phenoxy) is 2. The molecule has 5 nitrogen and oxygen atoms in total. The monoisotopic (exact) mass is 341 g/mol. The maximum atomic E-state index is 12.7. The van der Waals surface area contributed by atoms with Crippen molar-refractivity contribution in [2.75, 3.05) is 13.2 Å². The lowest BCUT2D eigenvalue weighted by molar-refractivity contribution is -0.144. The van der Waals surface area contributed by atoms with E-state index in [1.807, 2.05) is 0 Å². The van der Waals surface area contributed by atoms with Gasteiger partial charge in [-0.1, -0.05) is 0 Å². The average molecular weight is 341 g/mol. The predicted octanol–water partition coefficient (Wildman–Crippen LogP) is 3.24. The van der Waals surface area contributed by atoms with Crippen LogP contribution in [-0.4, -0.2) is 42.6 Å². The molecule has 1 heterocycles. The summed E-state index contributed by atoms with van der Waals surface area (Å²) in [6.07, 6.45) is 2.75. The Morgan fingerprint density at radius 3 is 2.58 bits per heavy atom.